The van der Waals surface area contributed by atoms with E-state index in [1.54, 1.807) is 0 Å². The highest BCUT2D eigenvalue weighted by atomic mass is 16.5. The second-order valence-electron chi connectivity index (χ2n) is 5.06. The fourth-order valence-electron chi connectivity index (χ4n) is 2.56. The van der Waals surface area contributed by atoms with Crippen molar-refractivity contribution in [1.29, 1.82) is 0 Å². The maximum Gasteiger partial charge on any atom is 0.0509 e. The highest BCUT2D eigenvalue weighted by Gasteiger charge is 2.24. The van der Waals surface area contributed by atoms with E-state index >= 15 is 0 Å². The van der Waals surface area contributed by atoms with Crippen molar-refractivity contribution in [3.8, 4) is 0 Å². The molecule has 0 bridgehead atoms. The number of nitrogens with zero attached hydrogens (tertiary/aromatic N) is 1. The van der Waals surface area contributed by atoms with Gasteiger partial charge in [0.25, 0.3) is 0 Å². The van der Waals surface area contributed by atoms with Crippen LogP contribution < -0.4 is 5.32 Å². The molecule has 0 aromatic carbocycles. The predicted octanol–water partition coefficient (Wildman–Crippen LogP) is 2.42. The molecule has 1 N–H and O–H groups in total. The van der Waals surface area contributed by atoms with Crippen LogP contribution in [-0.2, 0) is 11.2 Å². The molecule has 3 heteroatoms. The van der Waals surface area contributed by atoms with E-state index in [0.29, 0.717) is 12.0 Å². The molecule has 1 aromatic heterocycles. The van der Waals surface area contributed by atoms with Gasteiger partial charge in [-0.15, -0.1) is 0 Å². The lowest BCUT2D eigenvalue weighted by atomic mass is 9.90. The van der Waals surface area contributed by atoms with Crippen LogP contribution >= 0.6 is 0 Å². The average molecular weight is 248 g/mol. The van der Waals surface area contributed by atoms with Gasteiger partial charge in [0, 0.05) is 31.0 Å². The third-order valence-electron chi connectivity index (χ3n) is 3.58. The second-order valence-corrected chi connectivity index (χ2v) is 5.06. The Labute approximate surface area is 110 Å². The van der Waals surface area contributed by atoms with E-state index in [-0.39, 0.29) is 0 Å². The number of pyridine rings is 1. The van der Waals surface area contributed by atoms with Crippen LogP contribution in [0.25, 0.3) is 0 Å². The van der Waals surface area contributed by atoms with Crippen LogP contribution in [0, 0.1) is 5.92 Å². The van der Waals surface area contributed by atoms with E-state index in [1.807, 2.05) is 12.3 Å². The Bertz CT molecular complexity index is 323. The summed E-state index contributed by atoms with van der Waals surface area (Å²) in [5, 5.41) is 3.67. The zero-order valence-electron chi connectivity index (χ0n) is 11.3. The Morgan fingerprint density at radius 2 is 2.44 bits per heavy atom. The SMILES string of the molecule is CCCNC(Cc1ccccn1)C1CCCOC1. The lowest BCUT2D eigenvalue weighted by Gasteiger charge is -2.31. The molecule has 0 amide bonds. The average Bonchev–Trinajstić information content (AvgIpc) is 2.45. The minimum Gasteiger partial charge on any atom is -0.381 e. The molecular weight excluding hydrogens is 224 g/mol. The number of ether oxygens (including phenoxy) is 1. The zero-order chi connectivity index (χ0) is 12.6. The third-order valence-corrected chi connectivity index (χ3v) is 3.58. The predicted molar refractivity (Wildman–Crippen MR) is 73.6 cm³/mol. The quantitative estimate of drug-likeness (QED) is 0.839. The maximum atomic E-state index is 5.62. The van der Waals surface area contributed by atoms with Crippen molar-refractivity contribution in [2.45, 2.75) is 38.6 Å². The summed E-state index contributed by atoms with van der Waals surface area (Å²) in [5.41, 5.74) is 1.18. The first-order valence-corrected chi connectivity index (χ1v) is 7.11. The minimum atomic E-state index is 0.500. The first-order valence-electron chi connectivity index (χ1n) is 7.11. The second kappa shape index (κ2) is 7.49. The summed E-state index contributed by atoms with van der Waals surface area (Å²) in [7, 11) is 0. The topological polar surface area (TPSA) is 34.2 Å². The summed E-state index contributed by atoms with van der Waals surface area (Å²) < 4.78 is 5.62. The van der Waals surface area contributed by atoms with Gasteiger partial charge < -0.3 is 10.1 Å². The fraction of sp³-hybridized carbons (Fsp3) is 0.667. The lowest BCUT2D eigenvalue weighted by Crippen LogP contribution is -2.42. The van der Waals surface area contributed by atoms with Gasteiger partial charge in [0.1, 0.15) is 0 Å². The van der Waals surface area contributed by atoms with Crippen molar-refractivity contribution in [1.82, 2.24) is 10.3 Å². The summed E-state index contributed by atoms with van der Waals surface area (Å²) in [4.78, 5) is 4.44. The number of hydrogen-bond acceptors (Lipinski definition) is 3. The van der Waals surface area contributed by atoms with Crippen LogP contribution in [-0.4, -0.2) is 30.8 Å². The van der Waals surface area contributed by atoms with Gasteiger partial charge in [-0.25, -0.2) is 0 Å². The van der Waals surface area contributed by atoms with E-state index in [0.717, 1.165) is 26.2 Å². The largest absolute Gasteiger partial charge is 0.381 e. The van der Waals surface area contributed by atoms with Crippen LogP contribution in [0.15, 0.2) is 24.4 Å². The van der Waals surface area contributed by atoms with Gasteiger partial charge in [0.05, 0.1) is 6.61 Å². The van der Waals surface area contributed by atoms with Crippen LogP contribution in [0.3, 0.4) is 0 Å². The molecule has 0 saturated carbocycles. The van der Waals surface area contributed by atoms with Gasteiger partial charge in [-0.3, -0.25) is 4.98 Å². The molecule has 1 aliphatic rings. The van der Waals surface area contributed by atoms with Crippen molar-refractivity contribution in [3.05, 3.63) is 30.1 Å². The highest BCUT2D eigenvalue weighted by molar-refractivity contribution is 5.06. The summed E-state index contributed by atoms with van der Waals surface area (Å²) in [6.45, 7) is 5.12. The van der Waals surface area contributed by atoms with Gasteiger partial charge in [-0.1, -0.05) is 13.0 Å². The summed E-state index contributed by atoms with van der Waals surface area (Å²) in [5.74, 6) is 0.632. The monoisotopic (exact) mass is 248 g/mol. The van der Waals surface area contributed by atoms with Crippen LogP contribution in [0.2, 0.25) is 0 Å². The zero-order valence-corrected chi connectivity index (χ0v) is 11.3. The third kappa shape index (κ3) is 4.07. The molecular formula is C15H24N2O. The van der Waals surface area contributed by atoms with Crippen molar-refractivity contribution in [3.63, 3.8) is 0 Å². The van der Waals surface area contributed by atoms with Crippen LogP contribution in [0.1, 0.15) is 31.9 Å². The van der Waals surface area contributed by atoms with Crippen molar-refractivity contribution in [2.75, 3.05) is 19.8 Å². The van der Waals surface area contributed by atoms with E-state index in [9.17, 15) is 0 Å². The first kappa shape index (κ1) is 13.5. The normalized spacial score (nSPS) is 21.7. The maximum absolute atomic E-state index is 5.62. The summed E-state index contributed by atoms with van der Waals surface area (Å²) >= 11 is 0. The molecule has 1 fully saturated rings. The number of hydrogen-bond donors (Lipinski definition) is 1. The molecule has 1 aromatic rings. The molecule has 3 nitrogen and oxygen atoms in total. The molecule has 2 rings (SSSR count). The molecule has 2 unspecified atom stereocenters. The van der Waals surface area contributed by atoms with Crippen LogP contribution in [0.5, 0.6) is 0 Å². The Morgan fingerprint density at radius 1 is 1.50 bits per heavy atom. The van der Waals surface area contributed by atoms with Gasteiger partial charge in [0.15, 0.2) is 0 Å². The Hall–Kier alpha value is -0.930. The van der Waals surface area contributed by atoms with Crippen LogP contribution in [0.4, 0.5) is 0 Å². The molecule has 18 heavy (non-hydrogen) atoms. The van der Waals surface area contributed by atoms with E-state index < -0.39 is 0 Å². The van der Waals surface area contributed by atoms with Gasteiger partial charge in [0.2, 0.25) is 0 Å². The molecule has 1 saturated heterocycles. The smallest absolute Gasteiger partial charge is 0.0509 e. The molecule has 0 spiro atoms. The van der Waals surface area contributed by atoms with E-state index in [4.69, 9.17) is 4.74 Å². The minimum absolute atomic E-state index is 0.500. The lowest BCUT2D eigenvalue weighted by molar-refractivity contribution is 0.0392. The Morgan fingerprint density at radius 3 is 3.11 bits per heavy atom. The number of nitrogens with one attached hydrogen (secondary N) is 1. The molecule has 1 aliphatic heterocycles. The Balaban J connectivity index is 1.95. The molecule has 2 heterocycles. The summed E-state index contributed by atoms with van der Waals surface area (Å²) in [6, 6.07) is 6.66. The van der Waals surface area contributed by atoms with Crippen molar-refractivity contribution < 1.29 is 4.74 Å². The standard InChI is InChI=1S/C15H24N2O/c1-2-8-17-15(13-6-5-10-18-12-13)11-14-7-3-4-9-16-14/h3-4,7,9,13,15,17H,2,5-6,8,10-12H2,1H3. The number of aromatic nitrogens is 1. The van der Waals surface area contributed by atoms with E-state index in [2.05, 4.69) is 29.4 Å². The van der Waals surface area contributed by atoms with E-state index in [1.165, 1.54) is 25.0 Å². The summed E-state index contributed by atoms with van der Waals surface area (Å²) in [6.07, 6.45) is 6.52. The highest BCUT2D eigenvalue weighted by Crippen LogP contribution is 2.20. The fourth-order valence-corrected chi connectivity index (χ4v) is 2.56. The number of rotatable bonds is 6. The molecule has 0 aliphatic carbocycles. The molecule has 100 valence electrons. The van der Waals surface area contributed by atoms with Gasteiger partial charge in [-0.2, -0.15) is 0 Å². The molecule has 0 radical (unpaired) electrons. The first-order chi connectivity index (χ1) is 8.90. The molecule has 2 atom stereocenters. The van der Waals surface area contributed by atoms with Crippen molar-refractivity contribution >= 4 is 0 Å². The van der Waals surface area contributed by atoms with Gasteiger partial charge in [-0.05, 0) is 43.9 Å². The van der Waals surface area contributed by atoms with Crippen molar-refractivity contribution in [2.24, 2.45) is 5.92 Å². The van der Waals surface area contributed by atoms with Gasteiger partial charge >= 0.3 is 0 Å². The Kier molecular flexibility index (Phi) is 5.62.